The molecule has 1 heterocycles. The van der Waals surface area contributed by atoms with Crippen LogP contribution in [-0.2, 0) is 5.41 Å². The van der Waals surface area contributed by atoms with Crippen LogP contribution >= 0.6 is 0 Å². The standard InChI is InChI=1S/C15H30N6/c1-10-11(17-9-15(5,6)21(7)8)18-13(14(2,3)4)19-12(10)20-16/h9,16H2,1-8H3,(H2,17,18,19,20). The Morgan fingerprint density at radius 3 is 2.00 bits per heavy atom. The van der Waals surface area contributed by atoms with Crippen LogP contribution in [0.25, 0.3) is 0 Å². The molecule has 0 amide bonds. The van der Waals surface area contributed by atoms with Crippen LogP contribution in [0.4, 0.5) is 11.6 Å². The molecule has 0 aliphatic heterocycles. The summed E-state index contributed by atoms with van der Waals surface area (Å²) in [5.41, 5.74) is 3.49. The average molecular weight is 294 g/mol. The van der Waals surface area contributed by atoms with Crippen molar-refractivity contribution in [3.8, 4) is 0 Å². The van der Waals surface area contributed by atoms with Gasteiger partial charge < -0.3 is 15.6 Å². The van der Waals surface area contributed by atoms with E-state index in [9.17, 15) is 0 Å². The third-order valence-electron chi connectivity index (χ3n) is 3.85. The molecule has 0 aromatic carbocycles. The molecule has 6 nitrogen and oxygen atoms in total. The number of rotatable bonds is 5. The zero-order valence-electron chi connectivity index (χ0n) is 14.6. The number of nitrogens with two attached hydrogens (primary N) is 1. The van der Waals surface area contributed by atoms with Crippen LogP contribution in [0.5, 0.6) is 0 Å². The number of nitrogens with zero attached hydrogens (tertiary/aromatic N) is 3. The molecule has 0 bridgehead atoms. The second-order valence-corrected chi connectivity index (χ2v) is 7.32. The number of hydrogen-bond acceptors (Lipinski definition) is 6. The molecule has 0 unspecified atom stereocenters. The summed E-state index contributed by atoms with van der Waals surface area (Å²) in [4.78, 5) is 11.4. The summed E-state index contributed by atoms with van der Waals surface area (Å²) in [6, 6.07) is 0. The molecular formula is C15H30N6. The fraction of sp³-hybridized carbons (Fsp3) is 0.733. The molecule has 6 heteroatoms. The molecule has 1 rings (SSSR count). The number of anilines is 2. The molecule has 0 fully saturated rings. The quantitative estimate of drug-likeness (QED) is 0.570. The lowest BCUT2D eigenvalue weighted by Crippen LogP contribution is -2.44. The number of aromatic nitrogens is 2. The van der Waals surface area contributed by atoms with E-state index in [4.69, 9.17) is 5.84 Å². The number of nitrogens with one attached hydrogen (secondary N) is 2. The van der Waals surface area contributed by atoms with Gasteiger partial charge in [0.05, 0.1) is 0 Å². The van der Waals surface area contributed by atoms with Crippen LogP contribution in [0.1, 0.15) is 46.0 Å². The van der Waals surface area contributed by atoms with Crippen LogP contribution in [0.3, 0.4) is 0 Å². The monoisotopic (exact) mass is 294 g/mol. The predicted molar refractivity (Wildman–Crippen MR) is 89.5 cm³/mol. The zero-order chi connectivity index (χ0) is 16.4. The molecule has 120 valence electrons. The molecule has 0 aliphatic carbocycles. The van der Waals surface area contributed by atoms with Crippen molar-refractivity contribution in [2.24, 2.45) is 5.84 Å². The van der Waals surface area contributed by atoms with Gasteiger partial charge in [-0.1, -0.05) is 20.8 Å². The van der Waals surface area contributed by atoms with E-state index in [1.807, 2.05) is 6.92 Å². The first-order valence-electron chi connectivity index (χ1n) is 7.26. The fourth-order valence-corrected chi connectivity index (χ4v) is 1.62. The summed E-state index contributed by atoms with van der Waals surface area (Å²) in [6.07, 6.45) is 0. The van der Waals surface area contributed by atoms with E-state index in [2.05, 4.69) is 74.3 Å². The third-order valence-corrected chi connectivity index (χ3v) is 3.85. The summed E-state index contributed by atoms with van der Waals surface area (Å²) in [5.74, 6) is 7.85. The normalized spacial score (nSPS) is 12.7. The SMILES string of the molecule is Cc1c(NN)nc(C(C)(C)C)nc1NCC(C)(C)N(C)C. The Labute approximate surface area is 128 Å². The summed E-state index contributed by atoms with van der Waals surface area (Å²) < 4.78 is 0. The van der Waals surface area contributed by atoms with Crippen LogP contribution in [-0.4, -0.2) is 41.0 Å². The Bertz CT molecular complexity index is 488. The van der Waals surface area contributed by atoms with Crippen LogP contribution in [0, 0.1) is 6.92 Å². The highest BCUT2D eigenvalue weighted by molar-refractivity contribution is 5.57. The molecule has 0 saturated carbocycles. The van der Waals surface area contributed by atoms with Gasteiger partial charge in [0, 0.05) is 23.1 Å². The molecule has 21 heavy (non-hydrogen) atoms. The van der Waals surface area contributed by atoms with E-state index in [1.165, 1.54) is 0 Å². The molecule has 1 aromatic heterocycles. The second kappa shape index (κ2) is 6.15. The van der Waals surface area contributed by atoms with Crippen LogP contribution < -0.4 is 16.6 Å². The van der Waals surface area contributed by atoms with Crippen LogP contribution in [0.2, 0.25) is 0 Å². The van der Waals surface area contributed by atoms with Gasteiger partial charge in [0.15, 0.2) is 0 Å². The molecule has 1 aromatic rings. The summed E-state index contributed by atoms with van der Waals surface area (Å²) in [5, 5.41) is 3.43. The van der Waals surface area contributed by atoms with E-state index in [0.717, 1.165) is 23.8 Å². The Hall–Kier alpha value is -1.40. The fourth-order valence-electron chi connectivity index (χ4n) is 1.62. The van der Waals surface area contributed by atoms with Crippen molar-refractivity contribution < 1.29 is 0 Å². The van der Waals surface area contributed by atoms with Gasteiger partial charge in [0.1, 0.15) is 17.5 Å². The van der Waals surface area contributed by atoms with E-state index in [1.54, 1.807) is 0 Å². The molecule has 0 spiro atoms. The lowest BCUT2D eigenvalue weighted by atomic mass is 9.95. The maximum absolute atomic E-state index is 5.59. The highest BCUT2D eigenvalue weighted by Crippen LogP contribution is 2.26. The highest BCUT2D eigenvalue weighted by Gasteiger charge is 2.23. The smallest absolute Gasteiger partial charge is 0.148 e. The van der Waals surface area contributed by atoms with E-state index >= 15 is 0 Å². The Balaban J connectivity index is 3.12. The molecule has 0 radical (unpaired) electrons. The Morgan fingerprint density at radius 2 is 1.57 bits per heavy atom. The topological polar surface area (TPSA) is 79.1 Å². The number of nitrogen functional groups attached to an aromatic ring is 1. The Kier molecular flexibility index (Phi) is 5.17. The van der Waals surface area contributed by atoms with E-state index in [0.29, 0.717) is 5.82 Å². The van der Waals surface area contributed by atoms with Crippen molar-refractivity contribution in [2.45, 2.75) is 52.5 Å². The first-order chi connectivity index (χ1) is 9.49. The van der Waals surface area contributed by atoms with Gasteiger partial charge in [-0.05, 0) is 34.9 Å². The minimum absolute atomic E-state index is 0.0234. The largest absolute Gasteiger partial charge is 0.368 e. The zero-order valence-corrected chi connectivity index (χ0v) is 14.6. The second-order valence-electron chi connectivity index (χ2n) is 7.32. The number of likely N-dealkylation sites (N-methyl/N-ethyl adjacent to an activating group) is 1. The van der Waals surface area contributed by atoms with Gasteiger partial charge >= 0.3 is 0 Å². The van der Waals surface area contributed by atoms with Gasteiger partial charge in [0.25, 0.3) is 0 Å². The molecule has 0 saturated heterocycles. The lowest BCUT2D eigenvalue weighted by Gasteiger charge is -2.33. The van der Waals surface area contributed by atoms with Gasteiger partial charge in [-0.25, -0.2) is 15.8 Å². The van der Waals surface area contributed by atoms with Gasteiger partial charge in [-0.2, -0.15) is 0 Å². The van der Waals surface area contributed by atoms with Crippen molar-refractivity contribution in [3.63, 3.8) is 0 Å². The number of hydrazine groups is 1. The lowest BCUT2D eigenvalue weighted by molar-refractivity contribution is 0.210. The van der Waals surface area contributed by atoms with Crippen LogP contribution in [0.15, 0.2) is 0 Å². The first kappa shape index (κ1) is 17.7. The molecular weight excluding hydrogens is 264 g/mol. The van der Waals surface area contributed by atoms with Crippen molar-refractivity contribution >= 4 is 11.6 Å². The van der Waals surface area contributed by atoms with E-state index < -0.39 is 0 Å². The van der Waals surface area contributed by atoms with Gasteiger partial charge in [0.2, 0.25) is 0 Å². The number of hydrogen-bond donors (Lipinski definition) is 3. The van der Waals surface area contributed by atoms with Crippen molar-refractivity contribution in [2.75, 3.05) is 31.4 Å². The van der Waals surface area contributed by atoms with E-state index in [-0.39, 0.29) is 11.0 Å². The molecule has 4 N–H and O–H groups in total. The van der Waals surface area contributed by atoms with Gasteiger partial charge in [-0.3, -0.25) is 0 Å². The third kappa shape index (κ3) is 4.28. The maximum atomic E-state index is 5.59. The average Bonchev–Trinajstić information content (AvgIpc) is 2.36. The minimum Gasteiger partial charge on any atom is -0.368 e. The van der Waals surface area contributed by atoms with Gasteiger partial charge in [-0.15, -0.1) is 0 Å². The Morgan fingerprint density at radius 1 is 1.05 bits per heavy atom. The molecule has 0 atom stereocenters. The highest BCUT2D eigenvalue weighted by atomic mass is 15.3. The van der Waals surface area contributed by atoms with Crippen molar-refractivity contribution in [1.82, 2.24) is 14.9 Å². The van der Waals surface area contributed by atoms with Crippen molar-refractivity contribution in [3.05, 3.63) is 11.4 Å². The summed E-state index contributed by atoms with van der Waals surface area (Å²) in [7, 11) is 4.14. The predicted octanol–water partition coefficient (Wildman–Crippen LogP) is 2.12. The maximum Gasteiger partial charge on any atom is 0.148 e. The summed E-state index contributed by atoms with van der Waals surface area (Å²) >= 11 is 0. The first-order valence-corrected chi connectivity index (χ1v) is 7.26. The van der Waals surface area contributed by atoms with Crippen molar-refractivity contribution in [1.29, 1.82) is 0 Å². The minimum atomic E-state index is -0.132. The summed E-state index contributed by atoms with van der Waals surface area (Å²) in [6.45, 7) is 13.4. The molecule has 0 aliphatic rings.